The highest BCUT2D eigenvalue weighted by Gasteiger charge is 2.26. The topological polar surface area (TPSA) is 51.8 Å². The van der Waals surface area contributed by atoms with Crippen LogP contribution in [0.2, 0.25) is 0 Å². The number of nitrogens with two attached hydrogens (primary N) is 1. The minimum absolute atomic E-state index is 0.612. The van der Waals surface area contributed by atoms with E-state index in [9.17, 15) is 0 Å². The monoisotopic (exact) mass is 205 g/mol. The van der Waals surface area contributed by atoms with Crippen molar-refractivity contribution in [3.8, 4) is 0 Å². The van der Waals surface area contributed by atoms with Crippen LogP contribution < -0.4 is 5.73 Å². The van der Waals surface area contributed by atoms with E-state index in [1.54, 1.807) is 0 Å². The Morgan fingerprint density at radius 1 is 1.40 bits per heavy atom. The molecule has 1 heterocycles. The summed E-state index contributed by atoms with van der Waals surface area (Å²) in [5.74, 6) is 1.53. The number of fused-ring (bicyclic) bond motifs is 1. The fourth-order valence-corrected chi connectivity index (χ4v) is 2.58. The lowest BCUT2D eigenvalue weighted by Crippen LogP contribution is -2.09. The Morgan fingerprint density at radius 3 is 2.87 bits per heavy atom. The van der Waals surface area contributed by atoms with Crippen molar-refractivity contribution in [3.63, 3.8) is 0 Å². The molecule has 82 valence electrons. The fourth-order valence-electron chi connectivity index (χ4n) is 2.58. The Bertz CT molecular complexity index is 360. The summed E-state index contributed by atoms with van der Waals surface area (Å²) < 4.78 is 0. The van der Waals surface area contributed by atoms with E-state index in [1.807, 2.05) is 6.92 Å². The molecule has 0 aromatic carbocycles. The first-order chi connectivity index (χ1) is 7.26. The maximum atomic E-state index is 5.65. The van der Waals surface area contributed by atoms with Crippen LogP contribution in [-0.4, -0.2) is 16.5 Å². The second kappa shape index (κ2) is 4.27. The molecule has 1 atom stereocenters. The summed E-state index contributed by atoms with van der Waals surface area (Å²) in [5.41, 5.74) is 9.58. The molecule has 15 heavy (non-hydrogen) atoms. The average molecular weight is 205 g/mol. The summed E-state index contributed by atoms with van der Waals surface area (Å²) in [7, 11) is 0. The van der Waals surface area contributed by atoms with Gasteiger partial charge in [-0.2, -0.15) is 0 Å². The van der Waals surface area contributed by atoms with Gasteiger partial charge in [-0.05, 0) is 50.6 Å². The van der Waals surface area contributed by atoms with Crippen LogP contribution in [0.4, 0.5) is 0 Å². The largest absolute Gasteiger partial charge is 0.330 e. The zero-order chi connectivity index (χ0) is 10.8. The van der Waals surface area contributed by atoms with E-state index in [2.05, 4.69) is 16.9 Å². The zero-order valence-corrected chi connectivity index (χ0v) is 9.58. The van der Waals surface area contributed by atoms with Gasteiger partial charge in [0.1, 0.15) is 5.82 Å². The molecule has 1 aromatic heterocycles. The molecule has 0 amide bonds. The van der Waals surface area contributed by atoms with Gasteiger partial charge < -0.3 is 5.73 Å². The molecule has 0 bridgehead atoms. The van der Waals surface area contributed by atoms with Crippen molar-refractivity contribution in [1.82, 2.24) is 9.97 Å². The van der Waals surface area contributed by atoms with Gasteiger partial charge in [-0.3, -0.25) is 0 Å². The van der Waals surface area contributed by atoms with Crippen molar-refractivity contribution < 1.29 is 0 Å². The summed E-state index contributed by atoms with van der Waals surface area (Å²) in [6, 6.07) is 0. The number of aromatic nitrogens is 2. The van der Waals surface area contributed by atoms with Crippen molar-refractivity contribution in [2.45, 2.75) is 45.4 Å². The molecule has 2 rings (SSSR count). The molecule has 1 aliphatic rings. The van der Waals surface area contributed by atoms with Crippen LogP contribution in [0.25, 0.3) is 0 Å². The molecular formula is C12H19N3. The number of aryl methyl sites for hydroxylation is 3. The molecule has 0 radical (unpaired) electrons. The molecule has 0 saturated carbocycles. The van der Waals surface area contributed by atoms with Crippen molar-refractivity contribution in [2.24, 2.45) is 5.73 Å². The smallest absolute Gasteiger partial charge is 0.125 e. The third-order valence-electron chi connectivity index (χ3n) is 3.20. The quantitative estimate of drug-likeness (QED) is 0.817. The normalized spacial score (nSPS) is 19.3. The Morgan fingerprint density at radius 2 is 2.20 bits per heavy atom. The maximum Gasteiger partial charge on any atom is 0.125 e. The zero-order valence-electron chi connectivity index (χ0n) is 9.58. The van der Waals surface area contributed by atoms with E-state index in [4.69, 9.17) is 5.73 Å². The van der Waals surface area contributed by atoms with Crippen molar-refractivity contribution in [3.05, 3.63) is 22.8 Å². The van der Waals surface area contributed by atoms with Crippen LogP contribution in [0.1, 0.15) is 48.5 Å². The summed E-state index contributed by atoms with van der Waals surface area (Å²) >= 11 is 0. The van der Waals surface area contributed by atoms with E-state index in [0.29, 0.717) is 5.92 Å². The van der Waals surface area contributed by atoms with Crippen molar-refractivity contribution in [1.29, 1.82) is 0 Å². The molecule has 1 aliphatic carbocycles. The second-order valence-electron chi connectivity index (χ2n) is 4.24. The predicted molar refractivity (Wildman–Crippen MR) is 60.9 cm³/mol. The van der Waals surface area contributed by atoms with E-state index >= 15 is 0 Å². The van der Waals surface area contributed by atoms with Crippen LogP contribution in [0.5, 0.6) is 0 Å². The molecule has 0 saturated heterocycles. The Labute approximate surface area is 91.1 Å². The first-order valence-electron chi connectivity index (χ1n) is 5.82. The second-order valence-corrected chi connectivity index (χ2v) is 4.24. The fraction of sp³-hybridized carbons (Fsp3) is 0.667. The van der Waals surface area contributed by atoms with E-state index in [1.165, 1.54) is 23.4 Å². The number of hydrogen-bond donors (Lipinski definition) is 1. The highest BCUT2D eigenvalue weighted by molar-refractivity contribution is 5.34. The van der Waals surface area contributed by atoms with E-state index in [-0.39, 0.29) is 0 Å². The SMILES string of the molecule is CCc1nc(C)nc2c1C(CCN)CC2. The highest BCUT2D eigenvalue weighted by Crippen LogP contribution is 2.36. The van der Waals surface area contributed by atoms with Gasteiger partial charge in [-0.1, -0.05) is 6.92 Å². The van der Waals surface area contributed by atoms with Crippen LogP contribution in [0, 0.1) is 6.92 Å². The molecule has 1 unspecified atom stereocenters. The Balaban J connectivity index is 2.41. The van der Waals surface area contributed by atoms with Crippen LogP contribution in [0.3, 0.4) is 0 Å². The van der Waals surface area contributed by atoms with Crippen LogP contribution >= 0.6 is 0 Å². The summed E-state index contributed by atoms with van der Waals surface area (Å²) in [5, 5.41) is 0. The number of nitrogens with zero attached hydrogens (tertiary/aromatic N) is 2. The van der Waals surface area contributed by atoms with Gasteiger partial charge >= 0.3 is 0 Å². The van der Waals surface area contributed by atoms with Gasteiger partial charge in [0.25, 0.3) is 0 Å². The summed E-state index contributed by atoms with van der Waals surface area (Å²) in [6.07, 6.45) is 4.40. The van der Waals surface area contributed by atoms with Gasteiger partial charge in [-0.15, -0.1) is 0 Å². The highest BCUT2D eigenvalue weighted by atomic mass is 14.9. The van der Waals surface area contributed by atoms with Crippen molar-refractivity contribution >= 4 is 0 Å². The number of hydrogen-bond acceptors (Lipinski definition) is 3. The maximum absolute atomic E-state index is 5.65. The van der Waals surface area contributed by atoms with Gasteiger partial charge in [-0.25, -0.2) is 9.97 Å². The predicted octanol–water partition coefficient (Wildman–Crippen LogP) is 1.73. The van der Waals surface area contributed by atoms with E-state index in [0.717, 1.165) is 31.6 Å². The molecule has 3 heteroatoms. The third-order valence-corrected chi connectivity index (χ3v) is 3.20. The molecule has 1 aromatic rings. The first kappa shape index (κ1) is 10.6. The average Bonchev–Trinajstić information content (AvgIpc) is 2.61. The minimum Gasteiger partial charge on any atom is -0.330 e. The summed E-state index contributed by atoms with van der Waals surface area (Å²) in [6.45, 7) is 4.91. The lowest BCUT2D eigenvalue weighted by molar-refractivity contribution is 0.621. The first-order valence-corrected chi connectivity index (χ1v) is 5.82. The molecule has 0 spiro atoms. The van der Waals surface area contributed by atoms with Crippen molar-refractivity contribution in [2.75, 3.05) is 6.54 Å². The molecule has 0 aliphatic heterocycles. The van der Waals surface area contributed by atoms with Gasteiger partial charge in [0.2, 0.25) is 0 Å². The van der Waals surface area contributed by atoms with Gasteiger partial charge in [0, 0.05) is 11.4 Å². The number of rotatable bonds is 3. The van der Waals surface area contributed by atoms with Gasteiger partial charge in [0.15, 0.2) is 0 Å². The molecule has 0 fully saturated rings. The van der Waals surface area contributed by atoms with Gasteiger partial charge in [0.05, 0.1) is 0 Å². The summed E-state index contributed by atoms with van der Waals surface area (Å²) in [4.78, 5) is 9.09. The van der Waals surface area contributed by atoms with E-state index < -0.39 is 0 Å². The minimum atomic E-state index is 0.612. The third kappa shape index (κ3) is 1.88. The van der Waals surface area contributed by atoms with Crippen LogP contribution in [-0.2, 0) is 12.8 Å². The lowest BCUT2D eigenvalue weighted by Gasteiger charge is -2.13. The molecular weight excluding hydrogens is 186 g/mol. The Kier molecular flexibility index (Phi) is 3.00. The standard InChI is InChI=1S/C12H19N3/c1-3-10-12-9(6-7-13)4-5-11(12)15-8(2)14-10/h9H,3-7,13H2,1-2H3. The Hall–Kier alpha value is -0.960. The molecule has 3 nitrogen and oxygen atoms in total. The molecule has 2 N–H and O–H groups in total. The van der Waals surface area contributed by atoms with Crippen LogP contribution in [0.15, 0.2) is 0 Å². The lowest BCUT2D eigenvalue weighted by atomic mass is 9.96.